The lowest BCUT2D eigenvalue weighted by Crippen LogP contribution is -2.36. The SMILES string of the molecule is CCNC(=NCc1cccc(COC2CCOCC2)c1)NCc1ccccc1.I. The zero-order chi connectivity index (χ0) is 19.4. The third kappa shape index (κ3) is 8.72. The minimum atomic E-state index is 0. The van der Waals surface area contributed by atoms with Gasteiger partial charge in [-0.25, -0.2) is 4.99 Å². The first-order valence-corrected chi connectivity index (χ1v) is 10.2. The highest BCUT2D eigenvalue weighted by Crippen LogP contribution is 2.14. The highest BCUT2D eigenvalue weighted by molar-refractivity contribution is 14.0. The van der Waals surface area contributed by atoms with Crippen LogP contribution in [-0.4, -0.2) is 31.8 Å². The molecule has 0 aromatic heterocycles. The smallest absolute Gasteiger partial charge is 0.191 e. The Morgan fingerprint density at radius 3 is 2.48 bits per heavy atom. The molecule has 0 spiro atoms. The maximum absolute atomic E-state index is 6.04. The second kappa shape index (κ2) is 13.6. The van der Waals surface area contributed by atoms with Crippen LogP contribution >= 0.6 is 24.0 Å². The molecule has 2 aromatic rings. The largest absolute Gasteiger partial charge is 0.381 e. The normalized spacial score (nSPS) is 14.9. The van der Waals surface area contributed by atoms with Crippen molar-refractivity contribution in [1.82, 2.24) is 10.6 Å². The summed E-state index contributed by atoms with van der Waals surface area (Å²) in [5, 5.41) is 6.70. The van der Waals surface area contributed by atoms with Gasteiger partial charge in [0, 0.05) is 26.3 Å². The Bertz CT molecular complexity index is 734. The summed E-state index contributed by atoms with van der Waals surface area (Å²) in [5.74, 6) is 0.829. The maximum Gasteiger partial charge on any atom is 0.191 e. The summed E-state index contributed by atoms with van der Waals surface area (Å²) in [6.45, 7) is 6.56. The molecule has 3 rings (SSSR count). The van der Waals surface area contributed by atoms with Crippen LogP contribution in [0.15, 0.2) is 59.6 Å². The topological polar surface area (TPSA) is 54.9 Å². The summed E-state index contributed by atoms with van der Waals surface area (Å²) in [4.78, 5) is 4.73. The average Bonchev–Trinajstić information content (AvgIpc) is 2.76. The summed E-state index contributed by atoms with van der Waals surface area (Å²) in [5.41, 5.74) is 3.62. The summed E-state index contributed by atoms with van der Waals surface area (Å²) in [7, 11) is 0. The van der Waals surface area contributed by atoms with E-state index < -0.39 is 0 Å². The number of halogens is 1. The quantitative estimate of drug-likeness (QED) is 0.318. The number of ether oxygens (including phenoxy) is 2. The fourth-order valence-electron chi connectivity index (χ4n) is 3.17. The molecule has 2 N–H and O–H groups in total. The molecule has 0 saturated carbocycles. The second-order valence-electron chi connectivity index (χ2n) is 6.98. The number of aliphatic imine (C=N–C) groups is 1. The standard InChI is InChI=1S/C23H31N3O2.HI/c1-2-24-23(25-16-19-7-4-3-5-8-19)26-17-20-9-6-10-21(15-20)18-28-22-11-13-27-14-12-22;/h3-10,15,22H,2,11-14,16-18H2,1H3,(H2,24,25,26);1H. The molecule has 29 heavy (non-hydrogen) atoms. The number of hydrogen-bond donors (Lipinski definition) is 2. The van der Waals surface area contributed by atoms with Crippen LogP contribution in [0.5, 0.6) is 0 Å². The van der Waals surface area contributed by atoms with Crippen LogP contribution in [-0.2, 0) is 29.2 Å². The molecule has 1 fully saturated rings. The zero-order valence-electron chi connectivity index (χ0n) is 17.1. The predicted octanol–water partition coefficient (Wildman–Crippen LogP) is 4.26. The molecule has 0 atom stereocenters. The lowest BCUT2D eigenvalue weighted by Gasteiger charge is -2.22. The van der Waals surface area contributed by atoms with E-state index in [1.54, 1.807) is 0 Å². The number of nitrogens with zero attached hydrogens (tertiary/aromatic N) is 1. The Morgan fingerprint density at radius 2 is 1.72 bits per heavy atom. The molecular weight excluding hydrogens is 477 g/mol. The molecule has 1 heterocycles. The van der Waals surface area contributed by atoms with E-state index in [1.807, 2.05) is 6.07 Å². The minimum Gasteiger partial charge on any atom is -0.381 e. The van der Waals surface area contributed by atoms with Crippen LogP contribution in [0, 0.1) is 0 Å². The van der Waals surface area contributed by atoms with E-state index in [4.69, 9.17) is 14.5 Å². The lowest BCUT2D eigenvalue weighted by molar-refractivity contribution is -0.0390. The second-order valence-corrected chi connectivity index (χ2v) is 6.98. The van der Waals surface area contributed by atoms with Gasteiger partial charge in [0.1, 0.15) is 0 Å². The Labute approximate surface area is 191 Å². The molecular formula is C23H32IN3O2. The maximum atomic E-state index is 6.04. The van der Waals surface area contributed by atoms with E-state index in [0.29, 0.717) is 19.3 Å². The van der Waals surface area contributed by atoms with Gasteiger partial charge in [0.05, 0.1) is 19.3 Å². The number of nitrogens with one attached hydrogen (secondary N) is 2. The molecule has 6 heteroatoms. The molecule has 0 radical (unpaired) electrons. The van der Waals surface area contributed by atoms with Crippen LogP contribution < -0.4 is 10.6 Å². The molecule has 2 aromatic carbocycles. The number of hydrogen-bond acceptors (Lipinski definition) is 3. The van der Waals surface area contributed by atoms with Gasteiger partial charge in [-0.1, -0.05) is 54.6 Å². The lowest BCUT2D eigenvalue weighted by atomic mass is 10.1. The van der Waals surface area contributed by atoms with Crippen molar-refractivity contribution < 1.29 is 9.47 Å². The summed E-state index contributed by atoms with van der Waals surface area (Å²) in [6, 6.07) is 18.8. The fraction of sp³-hybridized carbons (Fsp3) is 0.435. The molecule has 1 aliphatic rings. The van der Waals surface area contributed by atoms with Gasteiger partial charge in [0.15, 0.2) is 5.96 Å². The van der Waals surface area contributed by atoms with Crippen LogP contribution in [0.25, 0.3) is 0 Å². The Kier molecular flexibility index (Phi) is 11.1. The highest BCUT2D eigenvalue weighted by Gasteiger charge is 2.14. The van der Waals surface area contributed by atoms with Crippen molar-refractivity contribution in [3.63, 3.8) is 0 Å². The van der Waals surface area contributed by atoms with Gasteiger partial charge >= 0.3 is 0 Å². The Balaban J connectivity index is 0.00000300. The molecule has 0 bridgehead atoms. The molecule has 5 nitrogen and oxygen atoms in total. The van der Waals surface area contributed by atoms with Crippen LogP contribution in [0.2, 0.25) is 0 Å². The van der Waals surface area contributed by atoms with Gasteiger partial charge in [0.2, 0.25) is 0 Å². The molecule has 0 unspecified atom stereocenters. The van der Waals surface area contributed by atoms with Crippen molar-refractivity contribution in [2.45, 2.75) is 45.6 Å². The first-order valence-electron chi connectivity index (χ1n) is 10.2. The third-order valence-electron chi connectivity index (χ3n) is 4.71. The van der Waals surface area contributed by atoms with Crippen LogP contribution in [0.1, 0.15) is 36.5 Å². The van der Waals surface area contributed by atoms with E-state index in [9.17, 15) is 0 Å². The Morgan fingerprint density at radius 1 is 1.00 bits per heavy atom. The van der Waals surface area contributed by atoms with E-state index in [0.717, 1.165) is 45.1 Å². The van der Waals surface area contributed by atoms with Crippen molar-refractivity contribution >= 4 is 29.9 Å². The van der Waals surface area contributed by atoms with E-state index in [-0.39, 0.29) is 24.0 Å². The fourth-order valence-corrected chi connectivity index (χ4v) is 3.17. The predicted molar refractivity (Wildman–Crippen MR) is 129 cm³/mol. The molecule has 1 aliphatic heterocycles. The number of guanidine groups is 1. The molecule has 0 amide bonds. The third-order valence-corrected chi connectivity index (χ3v) is 4.71. The monoisotopic (exact) mass is 509 g/mol. The van der Waals surface area contributed by atoms with Gasteiger partial charge in [-0.3, -0.25) is 0 Å². The molecule has 158 valence electrons. The zero-order valence-corrected chi connectivity index (χ0v) is 19.4. The summed E-state index contributed by atoms with van der Waals surface area (Å²) < 4.78 is 11.4. The van der Waals surface area contributed by atoms with Gasteiger partial charge in [0.25, 0.3) is 0 Å². The minimum absolute atomic E-state index is 0. The van der Waals surface area contributed by atoms with E-state index in [2.05, 4.69) is 66.1 Å². The Hall–Kier alpha value is -1.64. The van der Waals surface area contributed by atoms with Crippen molar-refractivity contribution in [2.75, 3.05) is 19.8 Å². The van der Waals surface area contributed by atoms with Crippen molar-refractivity contribution in [2.24, 2.45) is 4.99 Å². The van der Waals surface area contributed by atoms with Crippen LogP contribution in [0.3, 0.4) is 0 Å². The molecule has 0 aliphatic carbocycles. The first-order chi connectivity index (χ1) is 13.8. The van der Waals surface area contributed by atoms with Gasteiger partial charge in [-0.15, -0.1) is 24.0 Å². The van der Waals surface area contributed by atoms with Crippen molar-refractivity contribution in [3.05, 3.63) is 71.3 Å². The van der Waals surface area contributed by atoms with Gasteiger partial charge < -0.3 is 20.1 Å². The van der Waals surface area contributed by atoms with Crippen molar-refractivity contribution in [3.8, 4) is 0 Å². The first kappa shape index (κ1) is 23.6. The number of benzene rings is 2. The van der Waals surface area contributed by atoms with Gasteiger partial charge in [-0.2, -0.15) is 0 Å². The van der Waals surface area contributed by atoms with E-state index >= 15 is 0 Å². The highest BCUT2D eigenvalue weighted by atomic mass is 127. The van der Waals surface area contributed by atoms with Crippen molar-refractivity contribution in [1.29, 1.82) is 0 Å². The number of rotatable bonds is 8. The molecule has 1 saturated heterocycles. The summed E-state index contributed by atoms with van der Waals surface area (Å²) >= 11 is 0. The van der Waals surface area contributed by atoms with Crippen LogP contribution in [0.4, 0.5) is 0 Å². The average molecular weight is 509 g/mol. The van der Waals surface area contributed by atoms with Gasteiger partial charge in [-0.05, 0) is 36.5 Å². The van der Waals surface area contributed by atoms with E-state index in [1.165, 1.54) is 16.7 Å². The summed E-state index contributed by atoms with van der Waals surface area (Å²) in [6.07, 6.45) is 2.30.